The zero-order valence-corrected chi connectivity index (χ0v) is 12.1. The van der Waals surface area contributed by atoms with Crippen molar-refractivity contribution in [2.45, 2.75) is 20.4 Å². The lowest BCUT2D eigenvalue weighted by molar-refractivity contribution is -0.115. The van der Waals surface area contributed by atoms with Crippen molar-refractivity contribution in [3.63, 3.8) is 0 Å². The molecule has 0 saturated carbocycles. The minimum Gasteiger partial charge on any atom is -0.325 e. The molecule has 0 unspecified atom stereocenters. The summed E-state index contributed by atoms with van der Waals surface area (Å²) in [6.07, 6.45) is 1.96. The maximum Gasteiger partial charge on any atom is 0.238 e. The van der Waals surface area contributed by atoms with Crippen molar-refractivity contribution in [3.05, 3.63) is 47.3 Å². The fourth-order valence-electron chi connectivity index (χ4n) is 2.06. The number of nitrogens with one attached hydrogen (secondary N) is 2. The number of aryl methyl sites for hydroxylation is 3. The smallest absolute Gasteiger partial charge is 0.238 e. The van der Waals surface area contributed by atoms with E-state index in [0.29, 0.717) is 6.54 Å². The van der Waals surface area contributed by atoms with Crippen molar-refractivity contribution in [1.82, 2.24) is 15.1 Å². The first-order valence-corrected chi connectivity index (χ1v) is 6.61. The Balaban J connectivity index is 1.79. The van der Waals surface area contributed by atoms with Crippen molar-refractivity contribution in [3.8, 4) is 0 Å². The van der Waals surface area contributed by atoms with Crippen molar-refractivity contribution in [1.29, 1.82) is 0 Å². The van der Waals surface area contributed by atoms with E-state index in [9.17, 15) is 4.79 Å². The number of rotatable bonds is 5. The van der Waals surface area contributed by atoms with Crippen LogP contribution in [-0.2, 0) is 18.4 Å². The Morgan fingerprint density at radius 3 is 2.80 bits per heavy atom. The summed E-state index contributed by atoms with van der Waals surface area (Å²) < 4.78 is 1.78. The highest BCUT2D eigenvalue weighted by Crippen LogP contribution is 2.09. The van der Waals surface area contributed by atoms with Crippen LogP contribution in [0.5, 0.6) is 0 Å². The molecule has 20 heavy (non-hydrogen) atoms. The molecule has 0 aliphatic rings. The second-order valence-corrected chi connectivity index (χ2v) is 4.93. The minimum atomic E-state index is -0.0443. The third-order valence-electron chi connectivity index (χ3n) is 3.02. The Kier molecular flexibility index (Phi) is 4.53. The van der Waals surface area contributed by atoms with Crippen LogP contribution in [0, 0.1) is 13.8 Å². The topological polar surface area (TPSA) is 59.0 Å². The predicted octanol–water partition coefficient (Wildman–Crippen LogP) is 1.77. The highest BCUT2D eigenvalue weighted by Gasteiger charge is 2.05. The monoisotopic (exact) mass is 272 g/mol. The Bertz CT molecular complexity index is 604. The van der Waals surface area contributed by atoms with E-state index >= 15 is 0 Å². The fourth-order valence-corrected chi connectivity index (χ4v) is 2.06. The van der Waals surface area contributed by atoms with Crippen LogP contribution in [0.25, 0.3) is 0 Å². The van der Waals surface area contributed by atoms with Crippen molar-refractivity contribution in [2.75, 3.05) is 11.9 Å². The van der Waals surface area contributed by atoms with Gasteiger partial charge in [-0.15, -0.1) is 0 Å². The first-order chi connectivity index (χ1) is 9.54. The molecule has 0 spiro atoms. The lowest BCUT2D eigenvalue weighted by Crippen LogP contribution is -2.27. The van der Waals surface area contributed by atoms with Crippen LogP contribution in [0.4, 0.5) is 5.69 Å². The number of amides is 1. The average Bonchev–Trinajstić information content (AvgIpc) is 2.68. The Hall–Kier alpha value is -2.14. The normalized spacial score (nSPS) is 10.6. The molecule has 0 fully saturated rings. The highest BCUT2D eigenvalue weighted by atomic mass is 16.1. The second kappa shape index (κ2) is 6.34. The molecule has 1 heterocycles. The Morgan fingerprint density at radius 1 is 1.35 bits per heavy atom. The fraction of sp³-hybridized carbons (Fsp3) is 0.333. The molecule has 5 nitrogen and oxygen atoms in total. The minimum absolute atomic E-state index is 0.0443. The van der Waals surface area contributed by atoms with Gasteiger partial charge in [-0.3, -0.25) is 9.48 Å². The summed E-state index contributed by atoms with van der Waals surface area (Å²) in [6, 6.07) is 7.76. The molecular weight excluding hydrogens is 252 g/mol. The average molecular weight is 272 g/mol. The van der Waals surface area contributed by atoms with Crippen molar-refractivity contribution < 1.29 is 4.79 Å². The van der Waals surface area contributed by atoms with Gasteiger partial charge in [-0.2, -0.15) is 5.10 Å². The first kappa shape index (κ1) is 14.3. The molecule has 0 bridgehead atoms. The summed E-state index contributed by atoms with van der Waals surface area (Å²) in [5.41, 5.74) is 4.05. The van der Waals surface area contributed by atoms with Gasteiger partial charge >= 0.3 is 0 Å². The maximum absolute atomic E-state index is 11.8. The van der Waals surface area contributed by atoms with E-state index in [2.05, 4.69) is 15.7 Å². The van der Waals surface area contributed by atoms with Gasteiger partial charge < -0.3 is 10.6 Å². The van der Waals surface area contributed by atoms with E-state index in [0.717, 1.165) is 22.5 Å². The molecule has 0 atom stereocenters. The van der Waals surface area contributed by atoms with Gasteiger partial charge in [0.15, 0.2) is 0 Å². The summed E-state index contributed by atoms with van der Waals surface area (Å²) in [4.78, 5) is 11.8. The molecular formula is C15H20N4O. The van der Waals surface area contributed by atoms with Crippen LogP contribution in [0.1, 0.15) is 16.8 Å². The van der Waals surface area contributed by atoms with Gasteiger partial charge in [-0.25, -0.2) is 0 Å². The molecule has 0 radical (unpaired) electrons. The molecule has 1 aromatic carbocycles. The number of aromatic nitrogens is 2. The third-order valence-corrected chi connectivity index (χ3v) is 3.02. The molecule has 1 aromatic heterocycles. The lowest BCUT2D eigenvalue weighted by atomic mass is 10.2. The van der Waals surface area contributed by atoms with Crippen molar-refractivity contribution >= 4 is 11.6 Å². The largest absolute Gasteiger partial charge is 0.325 e. The number of carbonyl (C=O) groups is 1. The summed E-state index contributed by atoms with van der Waals surface area (Å²) in [7, 11) is 1.89. The zero-order chi connectivity index (χ0) is 14.5. The van der Waals surface area contributed by atoms with Crippen LogP contribution in [0.2, 0.25) is 0 Å². The van der Waals surface area contributed by atoms with E-state index < -0.39 is 0 Å². The number of hydrogen-bond acceptors (Lipinski definition) is 3. The van der Waals surface area contributed by atoms with Crippen LogP contribution in [-0.4, -0.2) is 22.2 Å². The van der Waals surface area contributed by atoms with Crippen LogP contribution in [0.15, 0.2) is 30.5 Å². The number of benzene rings is 1. The van der Waals surface area contributed by atoms with Gasteiger partial charge in [0.05, 0.1) is 12.2 Å². The Morgan fingerprint density at radius 2 is 2.15 bits per heavy atom. The van der Waals surface area contributed by atoms with E-state index in [-0.39, 0.29) is 12.5 Å². The predicted molar refractivity (Wildman–Crippen MR) is 79.5 cm³/mol. The molecule has 0 aliphatic heterocycles. The standard InChI is InChI=1S/C15H20N4O/c1-11-5-4-6-14(7-11)17-15(20)9-16-8-13-10-19(3)18-12(13)2/h4-7,10,16H,8-9H2,1-3H3,(H,17,20). The second-order valence-electron chi connectivity index (χ2n) is 4.93. The zero-order valence-electron chi connectivity index (χ0n) is 12.1. The summed E-state index contributed by atoms with van der Waals surface area (Å²) in [5.74, 6) is -0.0443. The quantitative estimate of drug-likeness (QED) is 0.872. The van der Waals surface area contributed by atoms with Gasteiger partial charge in [0.25, 0.3) is 0 Å². The Labute approximate surface area is 119 Å². The number of anilines is 1. The molecule has 2 N–H and O–H groups in total. The molecule has 2 rings (SSSR count). The van der Waals surface area contributed by atoms with Crippen LogP contribution >= 0.6 is 0 Å². The number of hydrogen-bond donors (Lipinski definition) is 2. The summed E-state index contributed by atoms with van der Waals surface area (Å²) in [5, 5.41) is 10.3. The highest BCUT2D eigenvalue weighted by molar-refractivity contribution is 5.92. The van der Waals surface area contributed by atoms with Crippen LogP contribution < -0.4 is 10.6 Å². The molecule has 5 heteroatoms. The van der Waals surface area contributed by atoms with Gasteiger partial charge in [-0.05, 0) is 31.5 Å². The van der Waals surface area contributed by atoms with Gasteiger partial charge in [0.1, 0.15) is 0 Å². The third kappa shape index (κ3) is 3.93. The van der Waals surface area contributed by atoms with Gasteiger partial charge in [-0.1, -0.05) is 12.1 Å². The molecule has 0 saturated heterocycles. The summed E-state index contributed by atoms with van der Waals surface area (Å²) >= 11 is 0. The van der Waals surface area contributed by atoms with E-state index in [1.54, 1.807) is 4.68 Å². The van der Waals surface area contributed by atoms with E-state index in [1.807, 2.05) is 51.4 Å². The molecule has 0 aliphatic carbocycles. The van der Waals surface area contributed by atoms with Gasteiger partial charge in [0.2, 0.25) is 5.91 Å². The number of nitrogens with zero attached hydrogens (tertiary/aromatic N) is 2. The van der Waals surface area contributed by atoms with Gasteiger partial charge in [0, 0.05) is 31.0 Å². The maximum atomic E-state index is 11.8. The van der Waals surface area contributed by atoms with Crippen LogP contribution in [0.3, 0.4) is 0 Å². The molecule has 2 aromatic rings. The van der Waals surface area contributed by atoms with Crippen molar-refractivity contribution in [2.24, 2.45) is 7.05 Å². The summed E-state index contributed by atoms with van der Waals surface area (Å²) in [6.45, 7) is 4.88. The molecule has 106 valence electrons. The SMILES string of the molecule is Cc1cccc(NC(=O)CNCc2cn(C)nc2C)c1. The van der Waals surface area contributed by atoms with E-state index in [1.165, 1.54) is 0 Å². The first-order valence-electron chi connectivity index (χ1n) is 6.61. The number of carbonyl (C=O) groups excluding carboxylic acids is 1. The lowest BCUT2D eigenvalue weighted by Gasteiger charge is -2.07. The van der Waals surface area contributed by atoms with E-state index in [4.69, 9.17) is 0 Å². The molecule has 1 amide bonds.